The van der Waals surface area contributed by atoms with E-state index in [2.05, 4.69) is 15.5 Å². The van der Waals surface area contributed by atoms with Crippen LogP contribution in [0.15, 0.2) is 22.7 Å². The quantitative estimate of drug-likeness (QED) is 0.443. The summed E-state index contributed by atoms with van der Waals surface area (Å²) in [4.78, 5) is 12.8. The molecule has 0 saturated heterocycles. The number of thioether (sulfide) groups is 1. The summed E-state index contributed by atoms with van der Waals surface area (Å²) in [5, 5.41) is 14.9. The van der Waals surface area contributed by atoms with Crippen LogP contribution in [0, 0.1) is 0 Å². The zero-order chi connectivity index (χ0) is 14.5. The average Bonchev–Trinajstić information content (AvgIpc) is 3.25. The molecule has 0 spiro atoms. The van der Waals surface area contributed by atoms with Gasteiger partial charge in [-0.25, -0.2) is 4.68 Å². The average molecular weight is 322 g/mol. The monoisotopic (exact) mass is 322 g/mol. The number of carbonyl (C=O) groups is 1. The number of rotatable bonds is 7. The summed E-state index contributed by atoms with van der Waals surface area (Å²) in [5.74, 6) is 1.12. The minimum atomic E-state index is 0.237. The summed E-state index contributed by atoms with van der Waals surface area (Å²) in [5.41, 5.74) is 0. The van der Waals surface area contributed by atoms with Crippen molar-refractivity contribution in [2.24, 2.45) is 0 Å². The van der Waals surface area contributed by atoms with Gasteiger partial charge in [0.25, 0.3) is 0 Å². The van der Waals surface area contributed by atoms with Crippen molar-refractivity contribution in [2.45, 2.75) is 49.7 Å². The van der Waals surface area contributed by atoms with Gasteiger partial charge in [-0.05, 0) is 41.1 Å². The molecule has 0 amide bonds. The first-order valence-corrected chi connectivity index (χ1v) is 9.18. The second-order valence-corrected chi connectivity index (χ2v) is 7.21. The second kappa shape index (κ2) is 7.17. The molecule has 0 aromatic carbocycles. The van der Waals surface area contributed by atoms with Crippen molar-refractivity contribution >= 4 is 28.9 Å². The van der Waals surface area contributed by atoms with Crippen LogP contribution >= 0.6 is 23.1 Å². The van der Waals surface area contributed by atoms with Crippen LogP contribution in [-0.2, 0) is 0 Å². The molecule has 5 nitrogen and oxygen atoms in total. The van der Waals surface area contributed by atoms with Crippen LogP contribution < -0.4 is 0 Å². The van der Waals surface area contributed by atoms with Crippen LogP contribution in [0.5, 0.6) is 0 Å². The number of ketones is 1. The molecule has 2 heterocycles. The molecule has 7 heteroatoms. The number of nitrogens with zero attached hydrogens (tertiary/aromatic N) is 4. The number of Topliss-reactive ketones (excluding diaryl/α,β-unsaturated/α-hetero) is 1. The fourth-order valence-corrected chi connectivity index (χ4v) is 4.19. The molecule has 1 aliphatic rings. The Kier molecular flexibility index (Phi) is 5.03. The predicted octanol–water partition coefficient (Wildman–Crippen LogP) is 3.60. The van der Waals surface area contributed by atoms with Gasteiger partial charge in [0, 0.05) is 12.2 Å². The number of tetrazole rings is 1. The van der Waals surface area contributed by atoms with Crippen LogP contribution in [-0.4, -0.2) is 31.7 Å². The first-order chi connectivity index (χ1) is 10.3. The summed E-state index contributed by atoms with van der Waals surface area (Å²) >= 11 is 3.17. The van der Waals surface area contributed by atoms with Gasteiger partial charge < -0.3 is 0 Å². The Morgan fingerprint density at radius 2 is 2.29 bits per heavy atom. The highest BCUT2D eigenvalue weighted by molar-refractivity contribution is 7.99. The minimum Gasteiger partial charge on any atom is -0.293 e. The Morgan fingerprint density at radius 3 is 3.05 bits per heavy atom. The molecule has 0 aliphatic heterocycles. The lowest BCUT2D eigenvalue weighted by molar-refractivity contribution is 0.0986. The smallest absolute Gasteiger partial charge is 0.209 e. The van der Waals surface area contributed by atoms with E-state index in [1.807, 2.05) is 22.2 Å². The molecular weight excluding hydrogens is 304 g/mol. The molecule has 2 aromatic heterocycles. The molecular formula is C14H18N4OS2. The third kappa shape index (κ3) is 3.71. The minimum absolute atomic E-state index is 0.237. The standard InChI is InChI=1S/C14H18N4OS2/c19-12(13-8-4-9-20-13)7-3-10-21-14-15-16-17-18(14)11-5-1-2-6-11/h4,8-9,11H,1-3,5-7,10H2. The molecule has 0 bridgehead atoms. The number of hydrogen-bond acceptors (Lipinski definition) is 6. The molecule has 0 N–H and O–H groups in total. The van der Waals surface area contributed by atoms with E-state index in [1.54, 1.807) is 11.8 Å². The normalized spacial score (nSPS) is 15.6. The molecule has 3 rings (SSSR count). The molecule has 0 atom stereocenters. The maximum absolute atomic E-state index is 11.9. The summed E-state index contributed by atoms with van der Waals surface area (Å²) in [6.45, 7) is 0. The Balaban J connectivity index is 1.45. The van der Waals surface area contributed by atoms with Crippen molar-refractivity contribution in [3.63, 3.8) is 0 Å². The third-order valence-electron chi connectivity index (χ3n) is 3.71. The van der Waals surface area contributed by atoms with Crippen LogP contribution in [0.3, 0.4) is 0 Å². The van der Waals surface area contributed by atoms with Crippen LogP contribution in [0.4, 0.5) is 0 Å². The van der Waals surface area contributed by atoms with Crippen LogP contribution in [0.2, 0.25) is 0 Å². The highest BCUT2D eigenvalue weighted by Gasteiger charge is 2.21. The Labute approximate surface area is 132 Å². The molecule has 1 fully saturated rings. The Morgan fingerprint density at radius 1 is 1.43 bits per heavy atom. The van der Waals surface area contributed by atoms with Gasteiger partial charge >= 0.3 is 0 Å². The number of hydrogen-bond donors (Lipinski definition) is 0. The number of aromatic nitrogens is 4. The molecule has 112 valence electrons. The molecule has 2 aromatic rings. The highest BCUT2D eigenvalue weighted by Crippen LogP contribution is 2.31. The van der Waals surface area contributed by atoms with Gasteiger partial charge in [-0.1, -0.05) is 30.7 Å². The number of carbonyl (C=O) groups excluding carboxylic acids is 1. The maximum atomic E-state index is 11.9. The summed E-state index contributed by atoms with van der Waals surface area (Å²) < 4.78 is 1.97. The van der Waals surface area contributed by atoms with E-state index in [0.717, 1.165) is 22.2 Å². The van der Waals surface area contributed by atoms with Gasteiger partial charge in [-0.2, -0.15) is 0 Å². The van der Waals surface area contributed by atoms with Gasteiger partial charge in [-0.15, -0.1) is 16.4 Å². The van der Waals surface area contributed by atoms with E-state index in [0.29, 0.717) is 12.5 Å². The predicted molar refractivity (Wildman–Crippen MR) is 83.9 cm³/mol. The zero-order valence-electron chi connectivity index (χ0n) is 11.8. The summed E-state index contributed by atoms with van der Waals surface area (Å²) in [6, 6.07) is 4.28. The van der Waals surface area contributed by atoms with E-state index < -0.39 is 0 Å². The van der Waals surface area contributed by atoms with E-state index in [-0.39, 0.29) is 5.78 Å². The SMILES string of the molecule is O=C(CCCSc1nnnn1C1CCCC1)c1cccs1. The molecule has 1 saturated carbocycles. The molecule has 0 radical (unpaired) electrons. The van der Waals surface area contributed by atoms with Crippen molar-refractivity contribution in [1.29, 1.82) is 0 Å². The molecule has 21 heavy (non-hydrogen) atoms. The van der Waals surface area contributed by atoms with Gasteiger partial charge in [0.2, 0.25) is 5.16 Å². The lowest BCUT2D eigenvalue weighted by Gasteiger charge is -2.10. The summed E-state index contributed by atoms with van der Waals surface area (Å²) in [6.07, 6.45) is 6.34. The van der Waals surface area contributed by atoms with Gasteiger partial charge in [0.1, 0.15) is 0 Å². The first-order valence-electron chi connectivity index (χ1n) is 7.32. The summed E-state index contributed by atoms with van der Waals surface area (Å²) in [7, 11) is 0. The van der Waals surface area contributed by atoms with Crippen molar-refractivity contribution in [1.82, 2.24) is 20.2 Å². The molecule has 0 unspecified atom stereocenters. The Bertz CT molecular complexity index is 576. The van der Waals surface area contributed by atoms with Crippen molar-refractivity contribution in [3.05, 3.63) is 22.4 Å². The van der Waals surface area contributed by atoms with Gasteiger partial charge in [0.05, 0.1) is 10.9 Å². The fraction of sp³-hybridized carbons (Fsp3) is 0.571. The van der Waals surface area contributed by atoms with E-state index in [4.69, 9.17) is 0 Å². The topological polar surface area (TPSA) is 60.7 Å². The number of thiophene rings is 1. The zero-order valence-corrected chi connectivity index (χ0v) is 13.4. The highest BCUT2D eigenvalue weighted by atomic mass is 32.2. The van der Waals surface area contributed by atoms with Crippen LogP contribution in [0.25, 0.3) is 0 Å². The van der Waals surface area contributed by atoms with Crippen molar-refractivity contribution < 1.29 is 4.79 Å². The van der Waals surface area contributed by atoms with Gasteiger partial charge in [-0.3, -0.25) is 4.79 Å². The van der Waals surface area contributed by atoms with Crippen molar-refractivity contribution in [2.75, 3.05) is 5.75 Å². The van der Waals surface area contributed by atoms with E-state index in [9.17, 15) is 4.79 Å². The maximum Gasteiger partial charge on any atom is 0.209 e. The lowest BCUT2D eigenvalue weighted by Crippen LogP contribution is -2.08. The van der Waals surface area contributed by atoms with Crippen molar-refractivity contribution in [3.8, 4) is 0 Å². The van der Waals surface area contributed by atoms with E-state index in [1.165, 1.54) is 37.0 Å². The third-order valence-corrected chi connectivity index (χ3v) is 5.64. The second-order valence-electron chi connectivity index (χ2n) is 5.20. The van der Waals surface area contributed by atoms with Crippen LogP contribution in [0.1, 0.15) is 54.2 Å². The first kappa shape index (κ1) is 14.7. The fourth-order valence-electron chi connectivity index (χ4n) is 2.62. The Hall–Kier alpha value is -1.21. The van der Waals surface area contributed by atoms with Gasteiger partial charge in [0.15, 0.2) is 5.78 Å². The van der Waals surface area contributed by atoms with E-state index >= 15 is 0 Å². The lowest BCUT2D eigenvalue weighted by atomic mass is 10.2. The largest absolute Gasteiger partial charge is 0.293 e. The molecule has 1 aliphatic carbocycles.